The van der Waals surface area contributed by atoms with Gasteiger partial charge >= 0.3 is 0 Å². The van der Waals surface area contributed by atoms with Gasteiger partial charge in [0.2, 0.25) is 0 Å². The second-order valence-corrected chi connectivity index (χ2v) is 5.95. The summed E-state index contributed by atoms with van der Waals surface area (Å²) in [6.07, 6.45) is 0. The maximum Gasteiger partial charge on any atom is 0.0676 e. The Kier molecular flexibility index (Phi) is 3.93. The molecule has 0 amide bonds. The molecule has 0 saturated carbocycles. The average Bonchev–Trinajstić information content (AvgIpc) is 2.67. The molecule has 1 unspecified atom stereocenters. The van der Waals surface area contributed by atoms with E-state index in [4.69, 9.17) is 28.9 Å². The van der Waals surface area contributed by atoms with Crippen LogP contribution >= 0.6 is 50.5 Å². The number of thiophene rings is 1. The lowest BCUT2D eigenvalue weighted by Gasteiger charge is -2.13. The van der Waals surface area contributed by atoms with E-state index in [0.29, 0.717) is 10.0 Å². The van der Waals surface area contributed by atoms with E-state index in [1.54, 1.807) is 0 Å². The van der Waals surface area contributed by atoms with Crippen LogP contribution in [0, 0.1) is 0 Å². The van der Waals surface area contributed by atoms with Gasteiger partial charge in [0.15, 0.2) is 0 Å². The fourth-order valence-electron chi connectivity index (χ4n) is 1.42. The molecule has 1 nitrogen and oxygen atoms in total. The summed E-state index contributed by atoms with van der Waals surface area (Å²) in [6, 6.07) is 7.19. The van der Waals surface area contributed by atoms with Crippen molar-refractivity contribution >= 4 is 50.5 Å². The van der Waals surface area contributed by atoms with Crippen LogP contribution in [-0.4, -0.2) is 0 Å². The molecule has 0 aliphatic carbocycles. The molecule has 84 valence electrons. The fourth-order valence-corrected chi connectivity index (χ4v) is 3.23. The molecule has 0 fully saturated rings. The number of hydrogen-bond acceptors (Lipinski definition) is 2. The zero-order valence-corrected chi connectivity index (χ0v) is 12.0. The smallest absolute Gasteiger partial charge is 0.0676 e. The number of rotatable bonds is 2. The largest absolute Gasteiger partial charge is 0.320 e. The monoisotopic (exact) mass is 335 g/mol. The molecule has 1 heterocycles. The summed E-state index contributed by atoms with van der Waals surface area (Å²) in [5.41, 5.74) is 7.03. The quantitative estimate of drug-likeness (QED) is 0.832. The Morgan fingerprint density at radius 2 is 1.94 bits per heavy atom. The van der Waals surface area contributed by atoms with E-state index >= 15 is 0 Å². The Bertz CT molecular complexity index is 512. The SMILES string of the molecule is NC(c1cc(Br)ccc1Cl)c1sccc1Cl. The van der Waals surface area contributed by atoms with Crippen molar-refractivity contribution in [2.45, 2.75) is 6.04 Å². The molecule has 1 aromatic carbocycles. The van der Waals surface area contributed by atoms with Gasteiger partial charge in [0, 0.05) is 14.4 Å². The molecule has 0 saturated heterocycles. The van der Waals surface area contributed by atoms with E-state index < -0.39 is 0 Å². The van der Waals surface area contributed by atoms with Gasteiger partial charge in [-0.2, -0.15) is 0 Å². The van der Waals surface area contributed by atoms with Crippen molar-refractivity contribution in [3.8, 4) is 0 Å². The number of hydrogen-bond donors (Lipinski definition) is 1. The van der Waals surface area contributed by atoms with Crippen LogP contribution in [0.2, 0.25) is 10.0 Å². The minimum atomic E-state index is -0.280. The highest BCUT2D eigenvalue weighted by Gasteiger charge is 2.16. The second-order valence-electron chi connectivity index (χ2n) is 3.28. The van der Waals surface area contributed by atoms with Crippen LogP contribution in [0.15, 0.2) is 34.1 Å². The number of nitrogens with two attached hydrogens (primary N) is 1. The summed E-state index contributed by atoms with van der Waals surface area (Å²) in [7, 11) is 0. The van der Waals surface area contributed by atoms with Gasteiger partial charge in [-0.25, -0.2) is 0 Å². The molecule has 0 bridgehead atoms. The Morgan fingerprint density at radius 3 is 2.56 bits per heavy atom. The van der Waals surface area contributed by atoms with Gasteiger partial charge in [-0.1, -0.05) is 39.1 Å². The summed E-state index contributed by atoms with van der Waals surface area (Å²) in [5, 5.41) is 3.26. The molecule has 1 aromatic heterocycles. The molecular weight excluding hydrogens is 329 g/mol. The third-order valence-electron chi connectivity index (χ3n) is 2.22. The average molecular weight is 337 g/mol. The van der Waals surface area contributed by atoms with E-state index in [-0.39, 0.29) is 6.04 Å². The molecule has 0 aliphatic heterocycles. The van der Waals surface area contributed by atoms with E-state index in [9.17, 15) is 0 Å². The van der Waals surface area contributed by atoms with Crippen LogP contribution in [0.25, 0.3) is 0 Å². The topological polar surface area (TPSA) is 26.0 Å². The predicted octanol–water partition coefficient (Wildman–Crippen LogP) is 4.87. The first-order chi connectivity index (χ1) is 7.59. The zero-order chi connectivity index (χ0) is 11.7. The Labute approximate surface area is 116 Å². The Morgan fingerprint density at radius 1 is 1.19 bits per heavy atom. The van der Waals surface area contributed by atoms with Crippen molar-refractivity contribution in [3.63, 3.8) is 0 Å². The highest BCUT2D eigenvalue weighted by molar-refractivity contribution is 9.10. The molecule has 0 aliphatic rings. The van der Waals surface area contributed by atoms with Crippen LogP contribution in [0.1, 0.15) is 16.5 Å². The molecule has 0 radical (unpaired) electrons. The minimum Gasteiger partial charge on any atom is -0.320 e. The van der Waals surface area contributed by atoms with E-state index in [1.165, 1.54) is 11.3 Å². The van der Waals surface area contributed by atoms with Crippen LogP contribution < -0.4 is 5.73 Å². The third-order valence-corrected chi connectivity index (χ3v) is 4.50. The summed E-state index contributed by atoms with van der Waals surface area (Å²) < 4.78 is 0.954. The number of halogens is 3. The molecule has 16 heavy (non-hydrogen) atoms. The van der Waals surface area contributed by atoms with Gasteiger partial charge in [0.05, 0.1) is 11.1 Å². The molecule has 2 aromatic rings. The van der Waals surface area contributed by atoms with Gasteiger partial charge in [-0.3, -0.25) is 0 Å². The standard InChI is InChI=1S/C11H8BrCl2NS/c12-6-1-2-8(13)7(5-6)10(15)11-9(14)3-4-16-11/h1-5,10H,15H2. The maximum atomic E-state index is 6.15. The normalized spacial score (nSPS) is 12.8. The zero-order valence-electron chi connectivity index (χ0n) is 8.08. The third kappa shape index (κ3) is 2.44. The Hall–Kier alpha value is -0.0600. The van der Waals surface area contributed by atoms with Crippen molar-refractivity contribution in [2.75, 3.05) is 0 Å². The lowest BCUT2D eigenvalue weighted by molar-refractivity contribution is 0.893. The van der Waals surface area contributed by atoms with Crippen LogP contribution in [0.3, 0.4) is 0 Å². The molecular formula is C11H8BrCl2NS. The summed E-state index contributed by atoms with van der Waals surface area (Å²) in [6.45, 7) is 0. The summed E-state index contributed by atoms with van der Waals surface area (Å²) in [5.74, 6) is 0. The fraction of sp³-hybridized carbons (Fsp3) is 0.0909. The molecule has 2 N–H and O–H groups in total. The van der Waals surface area contributed by atoms with E-state index in [0.717, 1.165) is 14.9 Å². The first-order valence-corrected chi connectivity index (χ1v) is 6.96. The van der Waals surface area contributed by atoms with Gasteiger partial charge in [0.25, 0.3) is 0 Å². The van der Waals surface area contributed by atoms with Crippen LogP contribution in [0.5, 0.6) is 0 Å². The van der Waals surface area contributed by atoms with E-state index in [2.05, 4.69) is 15.9 Å². The van der Waals surface area contributed by atoms with Gasteiger partial charge in [0.1, 0.15) is 0 Å². The predicted molar refractivity (Wildman–Crippen MR) is 74.5 cm³/mol. The van der Waals surface area contributed by atoms with Crippen LogP contribution in [0.4, 0.5) is 0 Å². The van der Waals surface area contributed by atoms with Crippen molar-refractivity contribution < 1.29 is 0 Å². The Balaban J connectivity index is 2.45. The minimum absolute atomic E-state index is 0.280. The highest BCUT2D eigenvalue weighted by Crippen LogP contribution is 2.35. The first-order valence-electron chi connectivity index (χ1n) is 4.53. The maximum absolute atomic E-state index is 6.15. The molecule has 0 spiro atoms. The van der Waals surface area contributed by atoms with Crippen molar-refractivity contribution in [3.05, 3.63) is 54.6 Å². The van der Waals surface area contributed by atoms with E-state index in [1.807, 2.05) is 29.6 Å². The van der Waals surface area contributed by atoms with Crippen molar-refractivity contribution in [1.82, 2.24) is 0 Å². The van der Waals surface area contributed by atoms with Gasteiger partial charge in [-0.15, -0.1) is 11.3 Å². The summed E-state index contributed by atoms with van der Waals surface area (Å²) in [4.78, 5) is 0.932. The lowest BCUT2D eigenvalue weighted by Crippen LogP contribution is -2.11. The second kappa shape index (κ2) is 5.07. The molecule has 5 heteroatoms. The van der Waals surface area contributed by atoms with Crippen LogP contribution in [-0.2, 0) is 0 Å². The highest BCUT2D eigenvalue weighted by atomic mass is 79.9. The lowest BCUT2D eigenvalue weighted by atomic mass is 10.1. The summed E-state index contributed by atoms with van der Waals surface area (Å²) >= 11 is 17.1. The molecule has 1 atom stereocenters. The van der Waals surface area contributed by atoms with Crippen molar-refractivity contribution in [1.29, 1.82) is 0 Å². The van der Waals surface area contributed by atoms with Gasteiger partial charge in [-0.05, 0) is 35.2 Å². The first kappa shape index (κ1) is 12.4. The van der Waals surface area contributed by atoms with Crippen molar-refractivity contribution in [2.24, 2.45) is 5.73 Å². The number of benzene rings is 1. The van der Waals surface area contributed by atoms with Gasteiger partial charge < -0.3 is 5.73 Å². The molecule has 2 rings (SSSR count).